The van der Waals surface area contributed by atoms with Crippen LogP contribution in [0.25, 0.3) is 10.9 Å². The van der Waals surface area contributed by atoms with Gasteiger partial charge in [0.05, 0.1) is 19.8 Å². The first kappa shape index (κ1) is 16.6. The lowest BCUT2D eigenvalue weighted by Gasteiger charge is -2.25. The molecule has 0 atom stereocenters. The van der Waals surface area contributed by atoms with Gasteiger partial charge in [0.2, 0.25) is 5.76 Å². The third-order valence-corrected chi connectivity index (χ3v) is 4.44. The molecule has 0 unspecified atom stereocenters. The van der Waals surface area contributed by atoms with E-state index in [0.717, 1.165) is 29.7 Å². The van der Waals surface area contributed by atoms with Crippen molar-refractivity contribution in [3.63, 3.8) is 0 Å². The molecular weight excluding hydrogens is 339 g/mol. The quantitative estimate of drug-likeness (QED) is 0.775. The van der Waals surface area contributed by atoms with Crippen LogP contribution in [0.4, 0.5) is 10.2 Å². The van der Waals surface area contributed by atoms with Gasteiger partial charge in [0, 0.05) is 42.8 Å². The number of hydrogen-bond donors (Lipinski definition) is 1. The fourth-order valence-electron chi connectivity index (χ4n) is 3.07. The van der Waals surface area contributed by atoms with Crippen LogP contribution >= 0.6 is 0 Å². The highest BCUT2D eigenvalue weighted by atomic mass is 19.1. The van der Waals surface area contributed by atoms with Gasteiger partial charge in [-0.2, -0.15) is 0 Å². The molecule has 1 fully saturated rings. The van der Waals surface area contributed by atoms with Gasteiger partial charge < -0.3 is 24.0 Å². The fourth-order valence-corrected chi connectivity index (χ4v) is 3.07. The summed E-state index contributed by atoms with van der Waals surface area (Å²) in [5, 5.41) is 4.77. The first-order chi connectivity index (χ1) is 12.6. The van der Waals surface area contributed by atoms with E-state index in [0.29, 0.717) is 25.6 Å². The van der Waals surface area contributed by atoms with Crippen LogP contribution < -0.4 is 4.90 Å². The van der Waals surface area contributed by atoms with Crippen LogP contribution in [0.15, 0.2) is 34.9 Å². The zero-order chi connectivity index (χ0) is 18.1. The number of nitrogens with zero attached hydrogens (tertiary/aromatic N) is 3. The summed E-state index contributed by atoms with van der Waals surface area (Å²) in [7, 11) is 1.69. The predicted molar refractivity (Wildman–Crippen MR) is 93.6 cm³/mol. The largest absolute Gasteiger partial charge is 0.378 e. The van der Waals surface area contributed by atoms with Crippen LogP contribution in [0.1, 0.15) is 16.2 Å². The molecule has 26 heavy (non-hydrogen) atoms. The van der Waals surface area contributed by atoms with Gasteiger partial charge in [-0.05, 0) is 24.3 Å². The predicted octanol–water partition coefficient (Wildman–Crippen LogP) is 2.40. The monoisotopic (exact) mass is 358 g/mol. The van der Waals surface area contributed by atoms with E-state index in [4.69, 9.17) is 9.26 Å². The molecule has 1 aliphatic rings. The molecular formula is C18H19FN4O3. The maximum Gasteiger partial charge on any atom is 0.292 e. The third kappa shape index (κ3) is 3.28. The van der Waals surface area contributed by atoms with Crippen LogP contribution in [0, 0.1) is 5.82 Å². The Morgan fingerprint density at radius 3 is 2.92 bits per heavy atom. The third-order valence-electron chi connectivity index (χ3n) is 4.44. The summed E-state index contributed by atoms with van der Waals surface area (Å²) < 4.78 is 23.8. The van der Waals surface area contributed by atoms with Crippen LogP contribution in [-0.4, -0.2) is 54.3 Å². The van der Waals surface area contributed by atoms with Crippen molar-refractivity contribution >= 4 is 22.6 Å². The van der Waals surface area contributed by atoms with Crippen molar-refractivity contribution in [2.75, 3.05) is 38.3 Å². The van der Waals surface area contributed by atoms with Gasteiger partial charge in [0.15, 0.2) is 5.82 Å². The molecule has 1 N–H and O–H groups in total. The van der Waals surface area contributed by atoms with Gasteiger partial charge in [0.25, 0.3) is 5.91 Å². The number of aromatic amines is 1. The lowest BCUT2D eigenvalue weighted by atomic mass is 10.2. The molecule has 1 saturated heterocycles. The topological polar surface area (TPSA) is 74.6 Å². The number of nitrogens with one attached hydrogen (secondary N) is 1. The number of hydrogen-bond acceptors (Lipinski definition) is 5. The zero-order valence-electron chi connectivity index (χ0n) is 14.4. The van der Waals surface area contributed by atoms with Gasteiger partial charge in [-0.1, -0.05) is 5.16 Å². The van der Waals surface area contributed by atoms with E-state index >= 15 is 0 Å². The number of carbonyl (C=O) groups is 1. The Morgan fingerprint density at radius 2 is 2.12 bits per heavy atom. The summed E-state index contributed by atoms with van der Waals surface area (Å²) in [4.78, 5) is 19.3. The smallest absolute Gasteiger partial charge is 0.292 e. The Hall–Kier alpha value is -2.87. The number of fused-ring (bicyclic) bond motifs is 1. The normalized spacial score (nSPS) is 14.8. The molecule has 0 bridgehead atoms. The fraction of sp³-hybridized carbons (Fsp3) is 0.333. The summed E-state index contributed by atoms with van der Waals surface area (Å²) in [5.74, 6) is 0.286. The second kappa shape index (κ2) is 6.80. The average Bonchev–Trinajstić information content (AvgIpc) is 3.28. The minimum absolute atomic E-state index is 0.191. The van der Waals surface area contributed by atoms with Crippen LogP contribution in [-0.2, 0) is 11.3 Å². The number of amides is 1. The molecule has 136 valence electrons. The van der Waals surface area contributed by atoms with E-state index in [1.54, 1.807) is 19.2 Å². The number of aromatic nitrogens is 2. The highest BCUT2D eigenvalue weighted by Gasteiger charge is 2.21. The van der Waals surface area contributed by atoms with E-state index in [1.807, 2.05) is 11.0 Å². The number of anilines is 1. The van der Waals surface area contributed by atoms with E-state index in [9.17, 15) is 9.18 Å². The van der Waals surface area contributed by atoms with Crippen LogP contribution in [0.2, 0.25) is 0 Å². The molecule has 8 heteroatoms. The molecule has 7 nitrogen and oxygen atoms in total. The standard InChI is InChI=1S/C18H19FN4O3/c1-22(11-14-9-12-8-13(19)2-3-15(12)20-14)18(24)16-10-17(21-26-16)23-4-6-25-7-5-23/h2-3,8-10,20H,4-7,11H2,1H3. The molecule has 4 rings (SSSR count). The summed E-state index contributed by atoms with van der Waals surface area (Å²) in [6.07, 6.45) is 0. The second-order valence-corrected chi connectivity index (χ2v) is 6.34. The van der Waals surface area contributed by atoms with Crippen LogP contribution in [0.3, 0.4) is 0 Å². The lowest BCUT2D eigenvalue weighted by molar-refractivity contribution is 0.0742. The van der Waals surface area contributed by atoms with Crippen molar-refractivity contribution in [2.45, 2.75) is 6.54 Å². The van der Waals surface area contributed by atoms with E-state index in [2.05, 4.69) is 10.1 Å². The highest BCUT2D eigenvalue weighted by molar-refractivity contribution is 5.92. The minimum Gasteiger partial charge on any atom is -0.378 e. The first-order valence-electron chi connectivity index (χ1n) is 8.42. The number of halogens is 1. The van der Waals surface area contributed by atoms with Crippen molar-refractivity contribution in [1.29, 1.82) is 0 Å². The Balaban J connectivity index is 1.46. The molecule has 1 aromatic carbocycles. The summed E-state index contributed by atoms with van der Waals surface area (Å²) >= 11 is 0. The number of carbonyl (C=O) groups excluding carboxylic acids is 1. The van der Waals surface area contributed by atoms with Crippen molar-refractivity contribution < 1.29 is 18.4 Å². The van der Waals surface area contributed by atoms with Crippen molar-refractivity contribution in [3.8, 4) is 0 Å². The molecule has 3 aromatic rings. The molecule has 0 radical (unpaired) electrons. The van der Waals surface area contributed by atoms with E-state index in [1.165, 1.54) is 17.0 Å². The van der Waals surface area contributed by atoms with Crippen molar-refractivity contribution in [2.24, 2.45) is 0 Å². The zero-order valence-corrected chi connectivity index (χ0v) is 14.4. The Kier molecular flexibility index (Phi) is 4.34. The van der Waals surface area contributed by atoms with Crippen molar-refractivity contribution in [3.05, 3.63) is 47.6 Å². The molecule has 0 aliphatic carbocycles. The Labute approximate surface area is 149 Å². The highest BCUT2D eigenvalue weighted by Crippen LogP contribution is 2.20. The maximum atomic E-state index is 13.3. The Bertz CT molecular complexity index is 930. The number of ether oxygens (including phenoxy) is 1. The minimum atomic E-state index is -0.287. The molecule has 3 heterocycles. The van der Waals surface area contributed by atoms with Crippen LogP contribution in [0.5, 0.6) is 0 Å². The molecule has 0 saturated carbocycles. The summed E-state index contributed by atoms with van der Waals surface area (Å²) in [6, 6.07) is 8.04. The summed E-state index contributed by atoms with van der Waals surface area (Å²) in [6.45, 7) is 3.07. The van der Waals surface area contributed by atoms with Gasteiger partial charge in [-0.15, -0.1) is 0 Å². The van der Waals surface area contributed by atoms with Gasteiger partial charge >= 0.3 is 0 Å². The lowest BCUT2D eigenvalue weighted by Crippen LogP contribution is -2.36. The van der Waals surface area contributed by atoms with Crippen molar-refractivity contribution in [1.82, 2.24) is 15.0 Å². The maximum absolute atomic E-state index is 13.3. The number of rotatable bonds is 4. The molecule has 0 spiro atoms. The SMILES string of the molecule is CN(Cc1cc2cc(F)ccc2[nH]1)C(=O)c1cc(N2CCOCC2)no1. The number of benzene rings is 1. The van der Waals surface area contributed by atoms with E-state index in [-0.39, 0.29) is 17.5 Å². The molecule has 2 aromatic heterocycles. The van der Waals surface area contributed by atoms with Gasteiger partial charge in [-0.25, -0.2) is 4.39 Å². The van der Waals surface area contributed by atoms with Gasteiger partial charge in [-0.3, -0.25) is 4.79 Å². The van der Waals surface area contributed by atoms with Gasteiger partial charge in [0.1, 0.15) is 5.82 Å². The van der Waals surface area contributed by atoms with E-state index < -0.39 is 0 Å². The average molecular weight is 358 g/mol. The molecule has 1 amide bonds. The first-order valence-corrected chi connectivity index (χ1v) is 8.42. The number of morpholine rings is 1. The second-order valence-electron chi connectivity index (χ2n) is 6.34. The Morgan fingerprint density at radius 1 is 1.31 bits per heavy atom. The molecule has 1 aliphatic heterocycles. The number of H-pyrrole nitrogens is 1. The summed E-state index contributed by atoms with van der Waals surface area (Å²) in [5.41, 5.74) is 1.64.